The van der Waals surface area contributed by atoms with Crippen LogP contribution in [-0.2, 0) is 22.9 Å². The van der Waals surface area contributed by atoms with Crippen molar-refractivity contribution in [1.29, 1.82) is 0 Å². The van der Waals surface area contributed by atoms with Crippen LogP contribution in [0, 0.1) is 5.92 Å². The number of unbranched alkanes of at least 4 members (excludes halogenated alkanes) is 1. The zero-order valence-corrected chi connectivity index (χ0v) is 20.4. The number of carbonyl (C=O) groups is 2. The molecule has 0 bridgehead atoms. The van der Waals surface area contributed by atoms with Crippen LogP contribution in [0.1, 0.15) is 71.2 Å². The third-order valence-electron chi connectivity index (χ3n) is 5.85. The molecule has 0 spiro atoms. The highest BCUT2D eigenvalue weighted by molar-refractivity contribution is 7.89. The maximum Gasteiger partial charge on any atom is 0.256 e. The molecule has 9 heteroatoms. The number of amides is 2. The summed E-state index contributed by atoms with van der Waals surface area (Å²) in [6, 6.07) is 5.90. The van der Waals surface area contributed by atoms with E-state index < -0.39 is 21.8 Å². The number of fused-ring (bicyclic) bond motifs is 1. The van der Waals surface area contributed by atoms with E-state index in [4.69, 9.17) is 5.73 Å². The molecule has 1 unspecified atom stereocenters. The molecule has 1 aromatic heterocycles. The largest absolute Gasteiger partial charge is 0.365 e. The van der Waals surface area contributed by atoms with Crippen molar-refractivity contribution in [2.45, 2.75) is 57.8 Å². The highest BCUT2D eigenvalue weighted by atomic mass is 32.2. The van der Waals surface area contributed by atoms with E-state index in [1.807, 2.05) is 13.8 Å². The lowest BCUT2D eigenvalue weighted by Gasteiger charge is -2.20. The number of nitrogens with zero attached hydrogens (tertiary/aromatic N) is 1. The molecule has 3 N–H and O–H groups in total. The molecule has 1 atom stereocenters. The Morgan fingerprint density at radius 2 is 1.91 bits per heavy atom. The number of hydrogen-bond donors (Lipinski definition) is 2. The first-order valence-corrected chi connectivity index (χ1v) is 13.3. The molecule has 174 valence electrons. The summed E-state index contributed by atoms with van der Waals surface area (Å²) in [5.41, 5.74) is 7.29. The van der Waals surface area contributed by atoms with Gasteiger partial charge in [-0.15, -0.1) is 11.3 Å². The molecule has 1 aliphatic carbocycles. The molecule has 3 rings (SSSR count). The van der Waals surface area contributed by atoms with Gasteiger partial charge in [-0.3, -0.25) is 9.59 Å². The third kappa shape index (κ3) is 5.05. The van der Waals surface area contributed by atoms with Gasteiger partial charge >= 0.3 is 0 Å². The van der Waals surface area contributed by atoms with Gasteiger partial charge in [0.15, 0.2) is 0 Å². The minimum atomic E-state index is -3.61. The van der Waals surface area contributed by atoms with Crippen molar-refractivity contribution in [3.05, 3.63) is 45.8 Å². The van der Waals surface area contributed by atoms with Gasteiger partial charge in [0.1, 0.15) is 5.00 Å². The fourth-order valence-electron chi connectivity index (χ4n) is 3.98. The molecule has 2 amide bonds. The Hall–Kier alpha value is -2.23. The third-order valence-corrected chi connectivity index (χ3v) is 9.01. The zero-order valence-electron chi connectivity index (χ0n) is 18.8. The number of carbonyl (C=O) groups excluding carboxylic acids is 2. The van der Waals surface area contributed by atoms with Gasteiger partial charge in [0.25, 0.3) is 11.8 Å². The Kier molecular flexibility index (Phi) is 7.74. The summed E-state index contributed by atoms with van der Waals surface area (Å²) >= 11 is 1.40. The van der Waals surface area contributed by atoms with E-state index in [0.717, 1.165) is 42.5 Å². The van der Waals surface area contributed by atoms with Gasteiger partial charge in [-0.25, -0.2) is 8.42 Å². The summed E-state index contributed by atoms with van der Waals surface area (Å²) in [4.78, 5) is 26.2. The summed E-state index contributed by atoms with van der Waals surface area (Å²) in [6.45, 7) is 6.86. The standard InChI is InChI=1S/C23H31N3O4S2/c1-4-6-13-26(5-2)32(29,30)17-10-8-16(9-11-17)22(28)25-23-20(21(24)27)18-12-7-15(3)14-19(18)31-23/h8-11,15H,4-7,12-14H2,1-3H3,(H2,24,27)(H,25,28). The second-order valence-corrected chi connectivity index (χ2v) is 11.3. The highest BCUT2D eigenvalue weighted by Crippen LogP contribution is 2.39. The average Bonchev–Trinajstić information content (AvgIpc) is 3.11. The monoisotopic (exact) mass is 477 g/mol. The first kappa shape index (κ1) is 24.4. The number of rotatable bonds is 9. The number of nitrogens with one attached hydrogen (secondary N) is 1. The lowest BCUT2D eigenvalue weighted by Crippen LogP contribution is -2.31. The van der Waals surface area contributed by atoms with Crippen LogP contribution in [0.5, 0.6) is 0 Å². The maximum absolute atomic E-state index is 12.9. The number of primary amides is 1. The second-order valence-electron chi connectivity index (χ2n) is 8.25. The molecular weight excluding hydrogens is 446 g/mol. The molecule has 2 aromatic rings. The second kappa shape index (κ2) is 10.1. The van der Waals surface area contributed by atoms with Crippen LogP contribution in [0.3, 0.4) is 0 Å². The zero-order chi connectivity index (χ0) is 23.5. The van der Waals surface area contributed by atoms with Crippen molar-refractivity contribution in [2.24, 2.45) is 11.7 Å². The Morgan fingerprint density at radius 3 is 2.50 bits per heavy atom. The minimum absolute atomic E-state index is 0.158. The smallest absolute Gasteiger partial charge is 0.256 e. The molecule has 0 aliphatic heterocycles. The van der Waals surface area contributed by atoms with Crippen molar-refractivity contribution >= 4 is 38.2 Å². The van der Waals surface area contributed by atoms with Crippen molar-refractivity contribution in [3.63, 3.8) is 0 Å². The first-order chi connectivity index (χ1) is 15.2. The number of benzene rings is 1. The molecule has 1 aromatic carbocycles. The van der Waals surface area contributed by atoms with Gasteiger partial charge in [-0.1, -0.05) is 27.2 Å². The van der Waals surface area contributed by atoms with Crippen LogP contribution in [0.15, 0.2) is 29.2 Å². The number of thiophene rings is 1. The Balaban J connectivity index is 1.81. The SMILES string of the molecule is CCCCN(CC)S(=O)(=O)c1ccc(C(=O)Nc2sc3c(c2C(N)=O)CCC(C)C3)cc1. The molecule has 32 heavy (non-hydrogen) atoms. The lowest BCUT2D eigenvalue weighted by atomic mass is 9.88. The van der Waals surface area contributed by atoms with Crippen molar-refractivity contribution < 1.29 is 18.0 Å². The summed E-state index contributed by atoms with van der Waals surface area (Å²) in [5, 5.41) is 3.29. The molecular formula is C23H31N3O4S2. The van der Waals surface area contributed by atoms with E-state index in [0.29, 0.717) is 35.1 Å². The normalized spacial score (nSPS) is 16.1. The van der Waals surface area contributed by atoms with Crippen LogP contribution < -0.4 is 11.1 Å². The first-order valence-electron chi connectivity index (χ1n) is 11.0. The molecule has 0 radical (unpaired) electrons. The van der Waals surface area contributed by atoms with E-state index in [1.165, 1.54) is 39.9 Å². The maximum atomic E-state index is 12.9. The predicted molar refractivity (Wildman–Crippen MR) is 128 cm³/mol. The fraction of sp³-hybridized carbons (Fsp3) is 0.478. The van der Waals surface area contributed by atoms with E-state index in [9.17, 15) is 18.0 Å². The molecule has 0 saturated heterocycles. The molecule has 7 nitrogen and oxygen atoms in total. The van der Waals surface area contributed by atoms with E-state index in [2.05, 4.69) is 12.2 Å². The summed E-state index contributed by atoms with van der Waals surface area (Å²) in [5.74, 6) is -0.415. The molecule has 0 fully saturated rings. The van der Waals surface area contributed by atoms with Crippen LogP contribution in [-0.4, -0.2) is 37.6 Å². The van der Waals surface area contributed by atoms with Gasteiger partial charge in [-0.05, 0) is 61.4 Å². The van der Waals surface area contributed by atoms with Crippen molar-refractivity contribution in [3.8, 4) is 0 Å². The van der Waals surface area contributed by atoms with Crippen LogP contribution in [0.25, 0.3) is 0 Å². The molecule has 0 saturated carbocycles. The number of anilines is 1. The Bertz CT molecular complexity index is 1090. The van der Waals surface area contributed by atoms with Gasteiger partial charge in [0.2, 0.25) is 10.0 Å². The van der Waals surface area contributed by atoms with E-state index >= 15 is 0 Å². The Morgan fingerprint density at radius 1 is 1.22 bits per heavy atom. The lowest BCUT2D eigenvalue weighted by molar-refractivity contribution is 0.1000. The predicted octanol–water partition coefficient (Wildman–Crippen LogP) is 4.03. The topological polar surface area (TPSA) is 110 Å². The van der Waals surface area contributed by atoms with Crippen LogP contribution in [0.4, 0.5) is 5.00 Å². The quantitative estimate of drug-likeness (QED) is 0.568. The van der Waals surface area contributed by atoms with Gasteiger partial charge in [0.05, 0.1) is 10.5 Å². The fourth-order valence-corrected chi connectivity index (χ4v) is 6.88. The summed E-state index contributed by atoms with van der Waals surface area (Å²) < 4.78 is 27.2. The molecule has 1 aliphatic rings. The van der Waals surface area contributed by atoms with Crippen molar-refractivity contribution in [2.75, 3.05) is 18.4 Å². The minimum Gasteiger partial charge on any atom is -0.365 e. The van der Waals surface area contributed by atoms with Crippen LogP contribution >= 0.6 is 11.3 Å². The van der Waals surface area contributed by atoms with E-state index in [1.54, 1.807) is 0 Å². The van der Waals surface area contributed by atoms with Crippen molar-refractivity contribution in [1.82, 2.24) is 4.31 Å². The number of sulfonamides is 1. The molecule has 1 heterocycles. The number of hydrogen-bond acceptors (Lipinski definition) is 5. The van der Waals surface area contributed by atoms with Gasteiger partial charge < -0.3 is 11.1 Å². The summed E-state index contributed by atoms with van der Waals surface area (Å²) in [7, 11) is -3.61. The average molecular weight is 478 g/mol. The summed E-state index contributed by atoms with van der Waals surface area (Å²) in [6.07, 6.45) is 4.33. The number of nitrogens with two attached hydrogens (primary N) is 1. The van der Waals surface area contributed by atoms with Gasteiger partial charge in [-0.2, -0.15) is 4.31 Å². The Labute approximate surface area is 194 Å². The highest BCUT2D eigenvalue weighted by Gasteiger charge is 2.28. The van der Waals surface area contributed by atoms with Gasteiger partial charge in [0, 0.05) is 23.5 Å². The van der Waals surface area contributed by atoms with E-state index in [-0.39, 0.29) is 4.90 Å². The van der Waals surface area contributed by atoms with Crippen LogP contribution in [0.2, 0.25) is 0 Å².